The zero-order valence-electron chi connectivity index (χ0n) is 19.1. The minimum Gasteiger partial charge on any atom is -0.451 e. The molecule has 0 aliphatic carbocycles. The predicted molar refractivity (Wildman–Crippen MR) is 120 cm³/mol. The average Bonchev–Trinajstić information content (AvgIpc) is 2.78. The summed E-state index contributed by atoms with van der Waals surface area (Å²) in [5.74, 6) is -2.28. The molecule has 0 amide bonds. The van der Waals surface area contributed by atoms with Gasteiger partial charge in [-0.15, -0.1) is 0 Å². The van der Waals surface area contributed by atoms with Crippen LogP contribution < -0.4 is 0 Å². The van der Waals surface area contributed by atoms with E-state index in [1.807, 2.05) is 12.1 Å². The van der Waals surface area contributed by atoms with Gasteiger partial charge in [0, 0.05) is 18.7 Å². The van der Waals surface area contributed by atoms with Gasteiger partial charge in [0.15, 0.2) is 6.10 Å². The van der Waals surface area contributed by atoms with Gasteiger partial charge < -0.3 is 9.47 Å². The molecule has 33 heavy (non-hydrogen) atoms. The van der Waals surface area contributed by atoms with E-state index in [1.165, 1.54) is 6.92 Å². The normalized spacial score (nSPS) is 16.3. The number of halogens is 1. The van der Waals surface area contributed by atoms with Crippen LogP contribution in [-0.2, 0) is 24.9 Å². The van der Waals surface area contributed by atoms with E-state index in [-0.39, 0.29) is 37.3 Å². The number of ketones is 1. The van der Waals surface area contributed by atoms with Crippen molar-refractivity contribution < 1.29 is 31.9 Å². The van der Waals surface area contributed by atoms with Crippen molar-refractivity contribution in [1.82, 2.24) is 4.31 Å². The van der Waals surface area contributed by atoms with E-state index in [1.54, 1.807) is 12.1 Å². The van der Waals surface area contributed by atoms with Gasteiger partial charge in [0.05, 0.1) is 18.8 Å². The highest BCUT2D eigenvalue weighted by molar-refractivity contribution is 7.89. The summed E-state index contributed by atoms with van der Waals surface area (Å²) in [5.41, 5.74) is 1.22. The zero-order valence-corrected chi connectivity index (χ0v) is 19.9. The number of benzene rings is 2. The number of sulfonamides is 1. The van der Waals surface area contributed by atoms with Crippen molar-refractivity contribution in [2.75, 3.05) is 26.3 Å². The Hall–Kier alpha value is -2.62. The molecule has 0 N–H and O–H groups in total. The van der Waals surface area contributed by atoms with Crippen molar-refractivity contribution >= 4 is 21.8 Å². The van der Waals surface area contributed by atoms with Gasteiger partial charge in [-0.3, -0.25) is 4.79 Å². The highest BCUT2D eigenvalue weighted by Gasteiger charge is 2.30. The first-order valence-electron chi connectivity index (χ1n) is 10.6. The molecule has 9 heteroatoms. The van der Waals surface area contributed by atoms with Crippen molar-refractivity contribution in [1.29, 1.82) is 0 Å². The van der Waals surface area contributed by atoms with E-state index >= 15 is 0 Å². The third-order valence-corrected chi connectivity index (χ3v) is 7.36. The molecule has 1 fully saturated rings. The summed E-state index contributed by atoms with van der Waals surface area (Å²) < 4.78 is 51.5. The third-order valence-electron chi connectivity index (χ3n) is 5.44. The van der Waals surface area contributed by atoms with E-state index < -0.39 is 38.6 Å². The number of Topliss-reactive ketones (excluding diaryl/α,β-unsaturated/α-hetero) is 1. The minimum atomic E-state index is -4.15. The van der Waals surface area contributed by atoms with Crippen molar-refractivity contribution in [3.8, 4) is 0 Å². The number of hydrogen-bond acceptors (Lipinski definition) is 6. The molecule has 2 aromatic rings. The lowest BCUT2D eigenvalue weighted by Crippen LogP contribution is -2.41. The quantitative estimate of drug-likeness (QED) is 0.467. The molecule has 7 nitrogen and oxygen atoms in total. The number of morpholine rings is 1. The van der Waals surface area contributed by atoms with Crippen LogP contribution in [0.25, 0.3) is 0 Å². The molecule has 2 aromatic carbocycles. The van der Waals surface area contributed by atoms with Crippen LogP contribution in [0.4, 0.5) is 4.39 Å². The molecule has 1 saturated heterocycles. The molecule has 0 spiro atoms. The van der Waals surface area contributed by atoms with Gasteiger partial charge in [-0.05, 0) is 36.1 Å². The highest BCUT2D eigenvalue weighted by Crippen LogP contribution is 2.24. The van der Waals surface area contributed by atoms with Gasteiger partial charge in [-0.2, -0.15) is 4.31 Å². The van der Waals surface area contributed by atoms with Crippen LogP contribution in [0.3, 0.4) is 0 Å². The predicted octanol–water partition coefficient (Wildman–Crippen LogP) is 3.57. The zero-order chi connectivity index (χ0) is 24.4. The number of esters is 1. The Morgan fingerprint density at radius 2 is 1.61 bits per heavy atom. The van der Waals surface area contributed by atoms with Crippen LogP contribution in [0, 0.1) is 5.82 Å². The summed E-state index contributed by atoms with van der Waals surface area (Å²) in [5, 5.41) is 0. The van der Waals surface area contributed by atoms with Gasteiger partial charge in [0.25, 0.3) is 0 Å². The Balaban J connectivity index is 1.76. The van der Waals surface area contributed by atoms with E-state index in [9.17, 15) is 22.4 Å². The summed E-state index contributed by atoms with van der Waals surface area (Å²) >= 11 is 0. The standard InChI is InChI=1S/C24H28FNO6S/c1-16(22(27)17-5-8-19(9-6-17)24(2,3)4)32-23(28)18-7-10-20(25)21(15-18)33(29,30)26-11-13-31-14-12-26/h5-10,15-16H,11-14H2,1-4H3. The summed E-state index contributed by atoms with van der Waals surface area (Å²) in [4.78, 5) is 24.7. The molecule has 0 bridgehead atoms. The molecule has 1 aliphatic heterocycles. The minimum absolute atomic E-state index is 0.0679. The molecule has 178 valence electrons. The molecule has 0 saturated carbocycles. The second-order valence-electron chi connectivity index (χ2n) is 8.90. The van der Waals surface area contributed by atoms with Gasteiger partial charge in [0.2, 0.25) is 15.8 Å². The first-order valence-corrected chi connectivity index (χ1v) is 12.1. The van der Waals surface area contributed by atoms with E-state index in [4.69, 9.17) is 9.47 Å². The maximum atomic E-state index is 14.4. The molecule has 0 aromatic heterocycles. The monoisotopic (exact) mass is 477 g/mol. The molecule has 3 rings (SSSR count). The van der Waals surface area contributed by atoms with Crippen molar-refractivity contribution in [3.05, 3.63) is 65.0 Å². The van der Waals surface area contributed by atoms with Crippen LogP contribution in [0.1, 0.15) is 54.0 Å². The first kappa shape index (κ1) is 25.0. The third kappa shape index (κ3) is 5.66. The smallest absolute Gasteiger partial charge is 0.338 e. The largest absolute Gasteiger partial charge is 0.451 e. The Bertz CT molecular complexity index is 1130. The Morgan fingerprint density at radius 3 is 2.18 bits per heavy atom. The fourth-order valence-electron chi connectivity index (χ4n) is 3.41. The van der Waals surface area contributed by atoms with E-state index in [0.717, 1.165) is 28.1 Å². The molecular weight excluding hydrogens is 449 g/mol. The summed E-state index contributed by atoms with van der Waals surface area (Å²) in [6.07, 6.45) is -1.11. The Kier molecular flexibility index (Phi) is 7.36. The van der Waals surface area contributed by atoms with Gasteiger partial charge in [-0.1, -0.05) is 45.0 Å². The molecular formula is C24H28FNO6S. The average molecular weight is 478 g/mol. The van der Waals surface area contributed by atoms with Crippen molar-refractivity contribution in [3.63, 3.8) is 0 Å². The number of carbonyl (C=O) groups excluding carboxylic acids is 2. The number of rotatable bonds is 6. The Labute approximate surface area is 193 Å². The van der Waals surface area contributed by atoms with E-state index in [2.05, 4.69) is 20.8 Å². The highest BCUT2D eigenvalue weighted by atomic mass is 32.2. The second-order valence-corrected chi connectivity index (χ2v) is 10.8. The van der Waals surface area contributed by atoms with E-state index in [0.29, 0.717) is 5.56 Å². The van der Waals surface area contributed by atoms with Crippen molar-refractivity contribution in [2.45, 2.75) is 44.1 Å². The van der Waals surface area contributed by atoms with Crippen LogP contribution in [-0.4, -0.2) is 56.9 Å². The maximum Gasteiger partial charge on any atom is 0.338 e. The number of ether oxygens (including phenoxy) is 2. The fourth-order valence-corrected chi connectivity index (χ4v) is 4.90. The number of hydrogen-bond donors (Lipinski definition) is 0. The van der Waals surface area contributed by atoms with Crippen LogP contribution in [0.2, 0.25) is 0 Å². The molecule has 1 unspecified atom stereocenters. The van der Waals surface area contributed by atoms with Crippen molar-refractivity contribution in [2.24, 2.45) is 0 Å². The summed E-state index contributed by atoms with van der Waals surface area (Å²) in [6.45, 7) is 8.22. The topological polar surface area (TPSA) is 90.0 Å². The van der Waals surface area contributed by atoms with Gasteiger partial charge in [0.1, 0.15) is 10.7 Å². The summed E-state index contributed by atoms with van der Waals surface area (Å²) in [7, 11) is -4.15. The first-order chi connectivity index (χ1) is 15.4. The molecule has 1 aliphatic rings. The Morgan fingerprint density at radius 1 is 1.03 bits per heavy atom. The van der Waals surface area contributed by atoms with Crippen LogP contribution in [0.15, 0.2) is 47.4 Å². The SMILES string of the molecule is CC(OC(=O)c1ccc(F)c(S(=O)(=O)N2CCOCC2)c1)C(=O)c1ccc(C(C)(C)C)cc1. The summed E-state index contributed by atoms with van der Waals surface area (Å²) in [6, 6.07) is 10.0. The van der Waals surface area contributed by atoms with Crippen LogP contribution in [0.5, 0.6) is 0 Å². The molecule has 1 atom stereocenters. The fraction of sp³-hybridized carbons (Fsp3) is 0.417. The lowest BCUT2D eigenvalue weighted by atomic mass is 9.86. The maximum absolute atomic E-state index is 14.4. The number of carbonyl (C=O) groups is 2. The van der Waals surface area contributed by atoms with Gasteiger partial charge >= 0.3 is 5.97 Å². The lowest BCUT2D eigenvalue weighted by Gasteiger charge is -2.26. The number of nitrogens with zero attached hydrogens (tertiary/aromatic N) is 1. The lowest BCUT2D eigenvalue weighted by molar-refractivity contribution is 0.0318. The van der Waals surface area contributed by atoms with Crippen LogP contribution >= 0.6 is 0 Å². The second kappa shape index (κ2) is 9.70. The molecule has 1 heterocycles. The molecule has 0 radical (unpaired) electrons. The van der Waals surface area contributed by atoms with Gasteiger partial charge in [-0.25, -0.2) is 17.6 Å².